The number of hydrogen-bond acceptors (Lipinski definition) is 3. The van der Waals surface area contributed by atoms with Crippen LogP contribution >= 0.6 is 11.6 Å². The van der Waals surface area contributed by atoms with E-state index in [0.717, 1.165) is 44.2 Å². The number of hydrogen-bond donors (Lipinski definition) is 1. The molecule has 2 aromatic rings. The second-order valence-corrected chi connectivity index (χ2v) is 6.38. The molecular weight excluding hydrogens is 298 g/mol. The van der Waals surface area contributed by atoms with Crippen molar-refractivity contribution in [1.29, 1.82) is 0 Å². The van der Waals surface area contributed by atoms with E-state index in [1.807, 2.05) is 36.3 Å². The summed E-state index contributed by atoms with van der Waals surface area (Å²) in [6.45, 7) is 3.28. The predicted octanol–water partition coefficient (Wildman–Crippen LogP) is 2.91. The summed E-state index contributed by atoms with van der Waals surface area (Å²) in [7, 11) is 2.02. The highest BCUT2D eigenvalue weighted by molar-refractivity contribution is 6.31. The number of imidazole rings is 1. The van der Waals surface area contributed by atoms with E-state index in [-0.39, 0.29) is 5.41 Å². The zero-order valence-corrected chi connectivity index (χ0v) is 13.6. The molecule has 22 heavy (non-hydrogen) atoms. The Morgan fingerprint density at radius 3 is 2.77 bits per heavy atom. The Kier molecular flexibility index (Phi) is 4.81. The lowest BCUT2D eigenvalue weighted by Crippen LogP contribution is -2.43. The molecule has 0 unspecified atom stereocenters. The monoisotopic (exact) mass is 319 g/mol. The van der Waals surface area contributed by atoms with Crippen molar-refractivity contribution in [2.24, 2.45) is 7.05 Å². The molecule has 0 amide bonds. The second kappa shape index (κ2) is 6.82. The lowest BCUT2D eigenvalue weighted by atomic mass is 9.74. The average molecular weight is 320 g/mol. The van der Waals surface area contributed by atoms with E-state index >= 15 is 0 Å². The first kappa shape index (κ1) is 15.5. The molecule has 0 bridgehead atoms. The van der Waals surface area contributed by atoms with Crippen molar-refractivity contribution in [1.82, 2.24) is 14.9 Å². The van der Waals surface area contributed by atoms with Crippen molar-refractivity contribution in [3.8, 4) is 0 Å². The molecule has 1 fully saturated rings. The fourth-order valence-electron chi connectivity index (χ4n) is 3.18. The van der Waals surface area contributed by atoms with Gasteiger partial charge >= 0.3 is 0 Å². The molecule has 0 saturated carbocycles. The molecule has 0 spiro atoms. The zero-order chi connectivity index (χ0) is 15.4. The van der Waals surface area contributed by atoms with Crippen molar-refractivity contribution in [3.05, 3.63) is 53.1 Å². The van der Waals surface area contributed by atoms with Gasteiger partial charge in [-0.3, -0.25) is 0 Å². The van der Waals surface area contributed by atoms with Crippen LogP contribution in [-0.4, -0.2) is 29.3 Å². The number of nitrogens with zero attached hydrogens (tertiary/aromatic N) is 2. The molecule has 1 aromatic heterocycles. The lowest BCUT2D eigenvalue weighted by Gasteiger charge is -2.38. The Labute approximate surface area is 136 Å². The number of halogens is 1. The third kappa shape index (κ3) is 3.19. The van der Waals surface area contributed by atoms with Gasteiger partial charge in [0, 0.05) is 50.0 Å². The van der Waals surface area contributed by atoms with Crippen LogP contribution in [0.15, 0.2) is 36.8 Å². The summed E-state index contributed by atoms with van der Waals surface area (Å²) < 4.78 is 7.61. The molecule has 118 valence electrons. The summed E-state index contributed by atoms with van der Waals surface area (Å²) in [4.78, 5) is 4.16. The molecule has 0 radical (unpaired) electrons. The van der Waals surface area contributed by atoms with E-state index in [1.54, 1.807) is 0 Å². The Hall–Kier alpha value is -1.36. The zero-order valence-electron chi connectivity index (χ0n) is 12.9. The van der Waals surface area contributed by atoms with Crippen LogP contribution in [-0.2, 0) is 23.7 Å². The fraction of sp³-hybridized carbons (Fsp3) is 0.471. The van der Waals surface area contributed by atoms with Gasteiger partial charge in [0.25, 0.3) is 0 Å². The summed E-state index contributed by atoms with van der Waals surface area (Å²) >= 11 is 6.47. The topological polar surface area (TPSA) is 39.1 Å². The van der Waals surface area contributed by atoms with Gasteiger partial charge in [0.1, 0.15) is 0 Å². The summed E-state index contributed by atoms with van der Waals surface area (Å²) in [5.74, 6) is 0. The van der Waals surface area contributed by atoms with Gasteiger partial charge < -0.3 is 14.6 Å². The van der Waals surface area contributed by atoms with Gasteiger partial charge in [-0.15, -0.1) is 0 Å². The molecule has 1 saturated heterocycles. The molecule has 1 aromatic carbocycles. The standard InChI is InChI=1S/C17H22ClN3O/c1-21-13-20-11-14(21)10-19-12-17(6-8-22-9-7-17)15-4-2-3-5-16(15)18/h2-5,11,13,19H,6-10,12H2,1H3. The Morgan fingerprint density at radius 1 is 1.32 bits per heavy atom. The van der Waals surface area contributed by atoms with E-state index in [4.69, 9.17) is 16.3 Å². The highest BCUT2D eigenvalue weighted by Gasteiger charge is 2.35. The number of aryl methyl sites for hydroxylation is 1. The number of rotatable bonds is 5. The first-order valence-electron chi connectivity index (χ1n) is 7.70. The first-order valence-corrected chi connectivity index (χ1v) is 8.08. The van der Waals surface area contributed by atoms with Crippen molar-refractivity contribution in [3.63, 3.8) is 0 Å². The van der Waals surface area contributed by atoms with E-state index in [1.165, 1.54) is 11.3 Å². The maximum atomic E-state index is 6.47. The van der Waals surface area contributed by atoms with Crippen LogP contribution in [0.1, 0.15) is 24.1 Å². The molecule has 2 heterocycles. The maximum Gasteiger partial charge on any atom is 0.0945 e. The maximum absolute atomic E-state index is 6.47. The number of aromatic nitrogens is 2. The average Bonchev–Trinajstić information content (AvgIpc) is 2.94. The van der Waals surface area contributed by atoms with Crippen LogP contribution in [0.3, 0.4) is 0 Å². The number of nitrogens with one attached hydrogen (secondary N) is 1. The predicted molar refractivity (Wildman–Crippen MR) is 88.1 cm³/mol. The third-order valence-electron chi connectivity index (χ3n) is 4.58. The molecule has 3 rings (SSSR count). The summed E-state index contributed by atoms with van der Waals surface area (Å²) in [6, 6.07) is 8.19. The van der Waals surface area contributed by atoms with E-state index in [2.05, 4.69) is 22.4 Å². The molecule has 5 heteroatoms. The highest BCUT2D eigenvalue weighted by atomic mass is 35.5. The minimum Gasteiger partial charge on any atom is -0.381 e. The van der Waals surface area contributed by atoms with Crippen molar-refractivity contribution in [2.75, 3.05) is 19.8 Å². The second-order valence-electron chi connectivity index (χ2n) is 5.97. The Bertz CT molecular complexity index is 620. The summed E-state index contributed by atoms with van der Waals surface area (Å²) in [5.41, 5.74) is 2.47. The normalized spacial score (nSPS) is 17.5. The molecular formula is C17H22ClN3O. The highest BCUT2D eigenvalue weighted by Crippen LogP contribution is 2.38. The first-order chi connectivity index (χ1) is 10.7. The van der Waals surface area contributed by atoms with Crippen molar-refractivity contribution >= 4 is 11.6 Å². The van der Waals surface area contributed by atoms with E-state index in [9.17, 15) is 0 Å². The largest absolute Gasteiger partial charge is 0.381 e. The molecule has 1 aliphatic heterocycles. The van der Waals surface area contributed by atoms with Gasteiger partial charge in [0.15, 0.2) is 0 Å². The van der Waals surface area contributed by atoms with Gasteiger partial charge in [-0.25, -0.2) is 4.98 Å². The van der Waals surface area contributed by atoms with Gasteiger partial charge in [0.2, 0.25) is 0 Å². The van der Waals surface area contributed by atoms with Gasteiger partial charge in [-0.2, -0.15) is 0 Å². The van der Waals surface area contributed by atoms with Gasteiger partial charge in [-0.05, 0) is 24.5 Å². The van der Waals surface area contributed by atoms with Crippen LogP contribution in [0.5, 0.6) is 0 Å². The SMILES string of the molecule is Cn1cncc1CNCC1(c2ccccc2Cl)CCOCC1. The van der Waals surface area contributed by atoms with Crippen LogP contribution in [0, 0.1) is 0 Å². The Morgan fingerprint density at radius 2 is 2.09 bits per heavy atom. The van der Waals surface area contributed by atoms with Crippen molar-refractivity contribution in [2.45, 2.75) is 24.8 Å². The smallest absolute Gasteiger partial charge is 0.0945 e. The molecule has 1 aliphatic rings. The lowest BCUT2D eigenvalue weighted by molar-refractivity contribution is 0.0497. The van der Waals surface area contributed by atoms with Crippen LogP contribution in [0.25, 0.3) is 0 Å². The minimum atomic E-state index is 0.0508. The van der Waals surface area contributed by atoms with E-state index < -0.39 is 0 Å². The van der Waals surface area contributed by atoms with Gasteiger partial charge in [0.05, 0.1) is 12.0 Å². The number of ether oxygens (including phenoxy) is 1. The fourth-order valence-corrected chi connectivity index (χ4v) is 3.52. The van der Waals surface area contributed by atoms with Crippen LogP contribution in [0.2, 0.25) is 5.02 Å². The summed E-state index contributed by atoms with van der Waals surface area (Å²) in [5, 5.41) is 4.44. The molecule has 1 N–H and O–H groups in total. The van der Waals surface area contributed by atoms with Crippen LogP contribution < -0.4 is 5.32 Å². The molecule has 4 nitrogen and oxygen atoms in total. The summed E-state index contributed by atoms with van der Waals surface area (Å²) in [6.07, 6.45) is 5.72. The molecule has 0 aliphatic carbocycles. The van der Waals surface area contributed by atoms with Gasteiger partial charge in [-0.1, -0.05) is 29.8 Å². The molecule has 0 atom stereocenters. The minimum absolute atomic E-state index is 0.0508. The van der Waals surface area contributed by atoms with E-state index in [0.29, 0.717) is 0 Å². The Balaban J connectivity index is 1.75. The van der Waals surface area contributed by atoms with Crippen molar-refractivity contribution < 1.29 is 4.74 Å². The quantitative estimate of drug-likeness (QED) is 0.921. The van der Waals surface area contributed by atoms with Crippen LogP contribution in [0.4, 0.5) is 0 Å². The number of benzene rings is 1. The third-order valence-corrected chi connectivity index (χ3v) is 4.91.